The van der Waals surface area contributed by atoms with Crippen LogP contribution < -0.4 is 10.9 Å². The van der Waals surface area contributed by atoms with Crippen LogP contribution in [0.1, 0.15) is 0 Å². The highest BCUT2D eigenvalue weighted by atomic mass is 79.9. The van der Waals surface area contributed by atoms with E-state index in [-0.39, 0.29) is 10.9 Å². The first kappa shape index (κ1) is 21.7. The van der Waals surface area contributed by atoms with Gasteiger partial charge in [-0.05, 0) is 126 Å². The van der Waals surface area contributed by atoms with Gasteiger partial charge in [-0.15, -0.1) is 0 Å². The first-order chi connectivity index (χ1) is 17.4. The molecule has 0 atom stereocenters. The fraction of sp³-hybridized carbons (Fsp3) is 0. The summed E-state index contributed by atoms with van der Waals surface area (Å²) in [7, 11) is 0. The Morgan fingerprint density at radius 1 is 0.389 bits per heavy atom. The molecule has 0 unspecified atom stereocenters. The van der Waals surface area contributed by atoms with Crippen molar-refractivity contribution in [3.63, 3.8) is 0 Å². The average Bonchev–Trinajstić information content (AvgIpc) is 2.90. The van der Waals surface area contributed by atoms with Gasteiger partial charge < -0.3 is 0 Å². The zero-order valence-electron chi connectivity index (χ0n) is 18.1. The number of hydrogen-bond donors (Lipinski definition) is 0. The molecule has 0 N–H and O–H groups in total. The van der Waals surface area contributed by atoms with Gasteiger partial charge in [0, 0.05) is 55.6 Å². The molecule has 6 heteroatoms. The predicted octanol–water partition coefficient (Wildman–Crippen LogP) is 9.84. The van der Waals surface area contributed by atoms with Crippen molar-refractivity contribution >= 4 is 139 Å². The van der Waals surface area contributed by atoms with E-state index in [1.807, 2.05) is 48.5 Å². The van der Waals surface area contributed by atoms with Gasteiger partial charge in [0.1, 0.15) is 0 Å². The van der Waals surface area contributed by atoms with E-state index in [0.29, 0.717) is 10.8 Å². The van der Waals surface area contributed by atoms with E-state index >= 15 is 0 Å². The van der Waals surface area contributed by atoms with Gasteiger partial charge in [0.15, 0.2) is 10.9 Å². The third-order valence-electron chi connectivity index (χ3n) is 7.58. The van der Waals surface area contributed by atoms with Gasteiger partial charge >= 0.3 is 0 Å². The Kier molecular flexibility index (Phi) is 4.30. The minimum atomic E-state index is -0.0230. The quantitative estimate of drug-likeness (QED) is 0.0677. The zero-order valence-corrected chi connectivity index (χ0v) is 24.4. The molecule has 8 aromatic carbocycles. The second-order valence-corrected chi connectivity index (χ2v) is 12.4. The van der Waals surface area contributed by atoms with Gasteiger partial charge in [-0.25, -0.2) is 0 Å². The van der Waals surface area contributed by atoms with E-state index < -0.39 is 0 Å². The Balaban J connectivity index is 1.78. The lowest BCUT2D eigenvalue weighted by Gasteiger charge is -2.20. The summed E-state index contributed by atoms with van der Waals surface area (Å²) in [5, 5.41) is 12.8. The van der Waals surface area contributed by atoms with E-state index in [2.05, 4.69) is 75.9 Å². The van der Waals surface area contributed by atoms with E-state index in [1.54, 1.807) is 0 Å². The number of fused-ring (bicyclic) bond motifs is 4. The van der Waals surface area contributed by atoms with Crippen molar-refractivity contribution in [3.8, 4) is 0 Å². The third kappa shape index (κ3) is 2.42. The van der Waals surface area contributed by atoms with Crippen LogP contribution in [0, 0.1) is 0 Å². The van der Waals surface area contributed by atoms with Crippen molar-refractivity contribution in [3.05, 3.63) is 99.0 Å². The molecule has 0 radical (unpaired) electrons. The summed E-state index contributed by atoms with van der Waals surface area (Å²) in [5.74, 6) is 0. The van der Waals surface area contributed by atoms with Crippen LogP contribution in [-0.2, 0) is 0 Å². The van der Waals surface area contributed by atoms with Crippen LogP contribution in [0.5, 0.6) is 0 Å². The summed E-state index contributed by atoms with van der Waals surface area (Å²) < 4.78 is 3.18. The average molecular weight is 722 g/mol. The molecule has 2 nitrogen and oxygen atoms in total. The van der Waals surface area contributed by atoms with Gasteiger partial charge in [-0.1, -0.05) is 36.4 Å². The standard InChI is InChI=1S/C30H10Br4O2/c31-25-23-18-10-12-5-7-15-21-17(13-3-1-2-4-14(13)29(15)35)9-11-6-8-16(22(18)20(11)19(12)21)30(36)24(23)26(32)28(34)27(25)33/h1-10H. The van der Waals surface area contributed by atoms with Crippen LogP contribution >= 0.6 is 63.7 Å². The Hall–Kier alpha value is -2.38. The molecule has 170 valence electrons. The molecular formula is C30H10Br4O2. The molecule has 0 amide bonds. The maximum Gasteiger partial charge on any atom is 0.195 e. The highest BCUT2D eigenvalue weighted by molar-refractivity contribution is 9.15. The molecular weight excluding hydrogens is 712 g/mol. The largest absolute Gasteiger partial charge is 0.289 e. The van der Waals surface area contributed by atoms with E-state index in [0.717, 1.165) is 82.5 Å². The third-order valence-corrected chi connectivity index (χ3v) is 12.3. The number of halogens is 4. The fourth-order valence-corrected chi connectivity index (χ4v) is 8.62. The van der Waals surface area contributed by atoms with Crippen molar-refractivity contribution in [2.45, 2.75) is 0 Å². The lowest BCUT2D eigenvalue weighted by atomic mass is 9.84. The van der Waals surface area contributed by atoms with Gasteiger partial charge in [0.25, 0.3) is 0 Å². The van der Waals surface area contributed by atoms with Crippen LogP contribution in [0.4, 0.5) is 0 Å². The summed E-state index contributed by atoms with van der Waals surface area (Å²) in [4.78, 5) is 27.5. The van der Waals surface area contributed by atoms with Crippen molar-refractivity contribution in [2.75, 3.05) is 0 Å². The Labute approximate surface area is 236 Å². The molecule has 36 heavy (non-hydrogen) atoms. The summed E-state index contributed by atoms with van der Waals surface area (Å²) in [5.41, 5.74) is 0.0237. The molecule has 0 aromatic heterocycles. The molecule has 0 aliphatic rings. The van der Waals surface area contributed by atoms with Crippen molar-refractivity contribution in [1.82, 2.24) is 0 Å². The first-order valence-electron chi connectivity index (χ1n) is 11.2. The highest BCUT2D eigenvalue weighted by Crippen LogP contribution is 2.49. The Morgan fingerprint density at radius 3 is 1.58 bits per heavy atom. The SMILES string of the molecule is O=c1c2ccccc2c2cc3ccc4c(=O)c5c(Br)c(Br)c(Br)c(Br)c5c5cc6ccc1c2c6c3c45. The van der Waals surface area contributed by atoms with Crippen LogP contribution in [0.2, 0.25) is 0 Å². The molecule has 0 saturated heterocycles. The van der Waals surface area contributed by atoms with Crippen molar-refractivity contribution in [1.29, 1.82) is 0 Å². The molecule has 8 rings (SSSR count). The molecule has 0 heterocycles. The summed E-state index contributed by atoms with van der Waals surface area (Å²) in [6.07, 6.45) is 0. The zero-order chi connectivity index (χ0) is 24.6. The Bertz CT molecular complexity index is 2400. The van der Waals surface area contributed by atoms with Crippen molar-refractivity contribution in [2.24, 2.45) is 0 Å². The molecule has 0 fully saturated rings. The molecule has 0 bridgehead atoms. The lowest BCUT2D eigenvalue weighted by Crippen LogP contribution is -2.07. The topological polar surface area (TPSA) is 34.1 Å². The van der Waals surface area contributed by atoms with E-state index in [4.69, 9.17) is 0 Å². The minimum absolute atomic E-state index is 0.0230. The number of rotatable bonds is 0. The van der Waals surface area contributed by atoms with Gasteiger partial charge in [0.05, 0.1) is 0 Å². The van der Waals surface area contributed by atoms with Crippen LogP contribution in [-0.4, -0.2) is 0 Å². The fourth-order valence-electron chi connectivity index (χ4n) is 6.11. The summed E-state index contributed by atoms with van der Waals surface area (Å²) >= 11 is 14.7. The number of benzene rings is 8. The second kappa shape index (κ2) is 7.13. The molecule has 8 aromatic rings. The van der Waals surface area contributed by atoms with Crippen LogP contribution in [0.15, 0.2) is 88.1 Å². The second-order valence-electron chi connectivity index (χ2n) is 9.23. The number of hydrogen-bond acceptors (Lipinski definition) is 2. The summed E-state index contributed by atoms with van der Waals surface area (Å²) in [6.45, 7) is 0. The van der Waals surface area contributed by atoms with Crippen molar-refractivity contribution < 1.29 is 0 Å². The van der Waals surface area contributed by atoms with Crippen LogP contribution in [0.3, 0.4) is 0 Å². The smallest absolute Gasteiger partial charge is 0.195 e. The molecule has 0 aliphatic carbocycles. The van der Waals surface area contributed by atoms with Gasteiger partial charge in [-0.3, -0.25) is 9.59 Å². The predicted molar refractivity (Wildman–Crippen MR) is 166 cm³/mol. The van der Waals surface area contributed by atoms with E-state index in [1.165, 1.54) is 0 Å². The van der Waals surface area contributed by atoms with Crippen LogP contribution in [0.25, 0.3) is 75.4 Å². The maximum absolute atomic E-state index is 13.9. The maximum atomic E-state index is 13.9. The normalized spacial score (nSPS) is 12.7. The van der Waals surface area contributed by atoms with Gasteiger partial charge in [-0.2, -0.15) is 0 Å². The highest BCUT2D eigenvalue weighted by Gasteiger charge is 2.24. The van der Waals surface area contributed by atoms with E-state index in [9.17, 15) is 9.59 Å². The Morgan fingerprint density at radius 2 is 0.917 bits per heavy atom. The van der Waals surface area contributed by atoms with Gasteiger partial charge in [0.2, 0.25) is 0 Å². The molecule has 0 aliphatic heterocycles. The first-order valence-corrected chi connectivity index (χ1v) is 14.4. The minimum Gasteiger partial charge on any atom is -0.289 e. The molecule has 0 saturated carbocycles. The lowest BCUT2D eigenvalue weighted by molar-refractivity contribution is 1.56. The molecule has 0 spiro atoms. The monoisotopic (exact) mass is 718 g/mol. The summed E-state index contributed by atoms with van der Waals surface area (Å²) in [6, 6.07) is 20.2.